The molecule has 0 unspecified atom stereocenters. The predicted molar refractivity (Wildman–Crippen MR) is 77.2 cm³/mol. The Labute approximate surface area is 130 Å². The second-order valence-electron chi connectivity index (χ2n) is 4.57. The molecule has 0 saturated carbocycles. The van der Waals surface area contributed by atoms with Gasteiger partial charge in [0.15, 0.2) is 0 Å². The normalized spacial score (nSPS) is 12.0. The van der Waals surface area contributed by atoms with Gasteiger partial charge in [0.1, 0.15) is 0 Å². The standard InChI is InChI=1S/C14H11F3N2O3S/c15-14(16,17)10-3-5-11(6-4-10)19-23(21,22)12-7-1-9(2-8-12)13(18)20/h1-8,19H,(H2,18,20). The topological polar surface area (TPSA) is 89.3 Å². The van der Waals surface area contributed by atoms with Gasteiger partial charge in [-0.25, -0.2) is 8.42 Å². The molecule has 0 aromatic heterocycles. The molecule has 0 atom stereocenters. The van der Waals surface area contributed by atoms with E-state index >= 15 is 0 Å². The maximum Gasteiger partial charge on any atom is 0.416 e. The molecule has 0 radical (unpaired) electrons. The van der Waals surface area contributed by atoms with E-state index in [-0.39, 0.29) is 16.1 Å². The number of hydrogen-bond acceptors (Lipinski definition) is 3. The van der Waals surface area contributed by atoms with Gasteiger partial charge in [-0.2, -0.15) is 13.2 Å². The Bertz CT molecular complexity index is 814. The maximum atomic E-state index is 12.4. The first-order valence-electron chi connectivity index (χ1n) is 6.19. The van der Waals surface area contributed by atoms with Crippen molar-refractivity contribution in [3.63, 3.8) is 0 Å². The van der Waals surface area contributed by atoms with E-state index in [9.17, 15) is 26.4 Å². The van der Waals surface area contributed by atoms with Gasteiger partial charge in [-0.15, -0.1) is 0 Å². The molecule has 2 rings (SSSR count). The van der Waals surface area contributed by atoms with E-state index in [1.165, 1.54) is 24.3 Å². The Morgan fingerprint density at radius 3 is 1.91 bits per heavy atom. The van der Waals surface area contributed by atoms with Gasteiger partial charge < -0.3 is 5.73 Å². The first kappa shape index (κ1) is 16.8. The second-order valence-corrected chi connectivity index (χ2v) is 6.25. The summed E-state index contributed by atoms with van der Waals surface area (Å²) < 4.78 is 63.7. The number of rotatable bonds is 4. The van der Waals surface area contributed by atoms with Crippen molar-refractivity contribution < 1.29 is 26.4 Å². The van der Waals surface area contributed by atoms with Gasteiger partial charge in [0.2, 0.25) is 5.91 Å². The summed E-state index contributed by atoms with van der Waals surface area (Å²) in [5.74, 6) is -0.704. The molecule has 3 N–H and O–H groups in total. The Hall–Kier alpha value is -2.55. The summed E-state index contributed by atoms with van der Waals surface area (Å²) in [6.07, 6.45) is -4.50. The molecular weight excluding hydrogens is 333 g/mol. The number of primary amides is 1. The number of amides is 1. The Balaban J connectivity index is 2.22. The lowest BCUT2D eigenvalue weighted by Gasteiger charge is -2.10. The van der Waals surface area contributed by atoms with Crippen LogP contribution in [0.3, 0.4) is 0 Å². The van der Waals surface area contributed by atoms with E-state index in [4.69, 9.17) is 5.73 Å². The number of hydrogen-bond donors (Lipinski definition) is 2. The molecule has 0 heterocycles. The lowest BCUT2D eigenvalue weighted by Crippen LogP contribution is -2.15. The predicted octanol–water partition coefficient (Wildman–Crippen LogP) is 2.61. The van der Waals surface area contributed by atoms with Crippen molar-refractivity contribution in [2.75, 3.05) is 4.72 Å². The van der Waals surface area contributed by atoms with Crippen molar-refractivity contribution in [2.24, 2.45) is 5.73 Å². The fourth-order valence-corrected chi connectivity index (χ4v) is 2.80. The molecule has 0 fully saturated rings. The maximum absolute atomic E-state index is 12.4. The third-order valence-corrected chi connectivity index (χ3v) is 4.31. The van der Waals surface area contributed by atoms with E-state index in [1.54, 1.807) is 0 Å². The molecule has 0 aliphatic carbocycles. The quantitative estimate of drug-likeness (QED) is 0.893. The highest BCUT2D eigenvalue weighted by Crippen LogP contribution is 2.30. The van der Waals surface area contributed by atoms with Crippen molar-refractivity contribution in [1.29, 1.82) is 0 Å². The van der Waals surface area contributed by atoms with Crippen LogP contribution in [0.1, 0.15) is 15.9 Å². The van der Waals surface area contributed by atoms with Gasteiger partial charge in [-0.05, 0) is 48.5 Å². The molecule has 0 bridgehead atoms. The zero-order valence-corrected chi connectivity index (χ0v) is 12.3. The van der Waals surface area contributed by atoms with Gasteiger partial charge >= 0.3 is 6.18 Å². The number of alkyl halides is 3. The van der Waals surface area contributed by atoms with Crippen LogP contribution in [-0.4, -0.2) is 14.3 Å². The molecular formula is C14H11F3N2O3S. The average Bonchev–Trinajstić information content (AvgIpc) is 2.46. The van der Waals surface area contributed by atoms with Crippen LogP contribution in [0, 0.1) is 0 Å². The molecule has 122 valence electrons. The van der Waals surface area contributed by atoms with Gasteiger partial charge in [0, 0.05) is 11.3 Å². The Morgan fingerprint density at radius 1 is 0.957 bits per heavy atom. The number of nitrogens with two attached hydrogens (primary N) is 1. The number of carbonyl (C=O) groups is 1. The number of benzene rings is 2. The molecule has 0 spiro atoms. The van der Waals surface area contributed by atoms with Crippen molar-refractivity contribution in [1.82, 2.24) is 0 Å². The zero-order chi connectivity index (χ0) is 17.3. The lowest BCUT2D eigenvalue weighted by atomic mass is 10.2. The fourth-order valence-electron chi connectivity index (χ4n) is 1.74. The number of halogens is 3. The van der Waals surface area contributed by atoms with Gasteiger partial charge in [-0.1, -0.05) is 0 Å². The van der Waals surface area contributed by atoms with E-state index in [2.05, 4.69) is 4.72 Å². The molecule has 0 saturated heterocycles. The van der Waals surface area contributed by atoms with Crippen LogP contribution in [0.15, 0.2) is 53.4 Å². The average molecular weight is 344 g/mol. The van der Waals surface area contributed by atoms with Crippen LogP contribution < -0.4 is 10.5 Å². The molecule has 5 nitrogen and oxygen atoms in total. The molecule has 0 aliphatic rings. The van der Waals surface area contributed by atoms with Crippen molar-refractivity contribution in [3.05, 3.63) is 59.7 Å². The number of sulfonamides is 1. The number of nitrogens with one attached hydrogen (secondary N) is 1. The zero-order valence-electron chi connectivity index (χ0n) is 11.5. The van der Waals surface area contributed by atoms with E-state index < -0.39 is 27.7 Å². The van der Waals surface area contributed by atoms with Crippen molar-refractivity contribution >= 4 is 21.6 Å². The van der Waals surface area contributed by atoms with Gasteiger partial charge in [-0.3, -0.25) is 9.52 Å². The highest BCUT2D eigenvalue weighted by Gasteiger charge is 2.30. The van der Waals surface area contributed by atoms with Crippen LogP contribution in [0.25, 0.3) is 0 Å². The summed E-state index contributed by atoms with van der Waals surface area (Å²) in [5, 5.41) is 0. The monoisotopic (exact) mass is 344 g/mol. The minimum absolute atomic E-state index is 0.0167. The SMILES string of the molecule is NC(=O)c1ccc(S(=O)(=O)Nc2ccc(C(F)(F)F)cc2)cc1. The molecule has 1 amide bonds. The van der Waals surface area contributed by atoms with E-state index in [1.807, 2.05) is 0 Å². The summed E-state index contributed by atoms with van der Waals surface area (Å²) in [7, 11) is -3.99. The number of anilines is 1. The van der Waals surface area contributed by atoms with Crippen molar-refractivity contribution in [2.45, 2.75) is 11.1 Å². The van der Waals surface area contributed by atoms with Crippen LogP contribution >= 0.6 is 0 Å². The summed E-state index contributed by atoms with van der Waals surface area (Å²) in [6.45, 7) is 0. The highest BCUT2D eigenvalue weighted by molar-refractivity contribution is 7.92. The smallest absolute Gasteiger partial charge is 0.366 e. The second kappa shape index (κ2) is 5.92. The summed E-state index contributed by atoms with van der Waals surface area (Å²) in [4.78, 5) is 10.8. The summed E-state index contributed by atoms with van der Waals surface area (Å²) in [6, 6.07) is 8.39. The van der Waals surface area contributed by atoms with Crippen LogP contribution in [0.5, 0.6) is 0 Å². The van der Waals surface area contributed by atoms with Crippen LogP contribution in [0.4, 0.5) is 18.9 Å². The summed E-state index contributed by atoms with van der Waals surface area (Å²) >= 11 is 0. The Morgan fingerprint density at radius 2 is 1.48 bits per heavy atom. The first-order chi connectivity index (χ1) is 10.6. The first-order valence-corrected chi connectivity index (χ1v) is 7.68. The molecule has 2 aromatic rings. The van der Waals surface area contributed by atoms with Crippen molar-refractivity contribution in [3.8, 4) is 0 Å². The third kappa shape index (κ3) is 4.01. The van der Waals surface area contributed by atoms with Crippen LogP contribution in [0.2, 0.25) is 0 Å². The summed E-state index contributed by atoms with van der Waals surface area (Å²) in [5.41, 5.74) is 4.29. The van der Waals surface area contributed by atoms with Crippen LogP contribution in [-0.2, 0) is 16.2 Å². The highest BCUT2D eigenvalue weighted by atomic mass is 32.2. The lowest BCUT2D eigenvalue weighted by molar-refractivity contribution is -0.137. The largest absolute Gasteiger partial charge is 0.416 e. The van der Waals surface area contributed by atoms with E-state index in [0.717, 1.165) is 24.3 Å². The third-order valence-electron chi connectivity index (χ3n) is 2.91. The molecule has 23 heavy (non-hydrogen) atoms. The Kier molecular flexibility index (Phi) is 4.33. The molecule has 0 aliphatic heterocycles. The number of carbonyl (C=O) groups excluding carboxylic acids is 1. The minimum Gasteiger partial charge on any atom is -0.366 e. The molecule has 9 heteroatoms. The van der Waals surface area contributed by atoms with Gasteiger partial charge in [0.25, 0.3) is 10.0 Å². The minimum atomic E-state index is -4.50. The van der Waals surface area contributed by atoms with E-state index in [0.29, 0.717) is 0 Å². The van der Waals surface area contributed by atoms with Gasteiger partial charge in [0.05, 0.1) is 10.5 Å². The molecule has 2 aromatic carbocycles. The fraction of sp³-hybridized carbons (Fsp3) is 0.0714.